The topological polar surface area (TPSA) is 50.2 Å². The highest BCUT2D eigenvalue weighted by atomic mass is 16.2. The van der Waals surface area contributed by atoms with Crippen LogP contribution in [0.4, 0.5) is 5.95 Å². The van der Waals surface area contributed by atoms with Crippen molar-refractivity contribution >= 4 is 22.9 Å². The summed E-state index contributed by atoms with van der Waals surface area (Å²) in [5, 5.41) is 3.33. The highest BCUT2D eigenvalue weighted by Gasteiger charge is 2.23. The van der Waals surface area contributed by atoms with E-state index in [0.717, 1.165) is 43.2 Å². The van der Waals surface area contributed by atoms with Crippen molar-refractivity contribution in [2.24, 2.45) is 0 Å². The number of aromatic nitrogens is 2. The Morgan fingerprint density at radius 1 is 0.957 bits per heavy atom. The largest absolute Gasteiger partial charge is 0.339 e. The molecule has 1 saturated heterocycles. The van der Waals surface area contributed by atoms with Crippen LogP contribution < -0.4 is 10.2 Å². The number of hydrogen-bond donors (Lipinski definition) is 1. The van der Waals surface area contributed by atoms with Crippen LogP contribution in [0.2, 0.25) is 0 Å². The van der Waals surface area contributed by atoms with Crippen LogP contribution in [0.5, 0.6) is 0 Å². The van der Waals surface area contributed by atoms with Crippen LogP contribution in [0, 0.1) is 0 Å². The van der Waals surface area contributed by atoms with Gasteiger partial charge in [-0.3, -0.25) is 4.79 Å². The number of para-hydroxylation sites is 2. The molecule has 116 valence electrons. The zero-order valence-electron chi connectivity index (χ0n) is 12.8. The number of nitrogens with zero attached hydrogens (tertiary/aromatic N) is 3. The zero-order valence-corrected chi connectivity index (χ0v) is 12.8. The fourth-order valence-electron chi connectivity index (χ4n) is 3.00. The first-order valence-electron chi connectivity index (χ1n) is 7.87. The number of piperazine rings is 1. The monoisotopic (exact) mass is 306 g/mol. The van der Waals surface area contributed by atoms with E-state index in [1.54, 1.807) is 4.57 Å². The van der Waals surface area contributed by atoms with Crippen molar-refractivity contribution in [3.05, 3.63) is 60.2 Å². The molecule has 3 aromatic rings. The molecule has 5 nitrogen and oxygen atoms in total. The van der Waals surface area contributed by atoms with Crippen molar-refractivity contribution < 1.29 is 4.79 Å². The summed E-state index contributed by atoms with van der Waals surface area (Å²) in [6.45, 7) is 3.52. The Balaban J connectivity index is 1.87. The van der Waals surface area contributed by atoms with E-state index in [1.165, 1.54) is 0 Å². The Morgan fingerprint density at radius 2 is 1.65 bits per heavy atom. The predicted octanol–water partition coefficient (Wildman–Crippen LogP) is 2.13. The van der Waals surface area contributed by atoms with Gasteiger partial charge in [0.25, 0.3) is 5.91 Å². The Hall–Kier alpha value is -2.66. The first kappa shape index (κ1) is 14.0. The third-order valence-electron chi connectivity index (χ3n) is 4.17. The molecule has 2 aromatic carbocycles. The van der Waals surface area contributed by atoms with Crippen LogP contribution >= 0.6 is 0 Å². The lowest BCUT2D eigenvalue weighted by atomic mass is 10.2. The summed E-state index contributed by atoms with van der Waals surface area (Å²) in [7, 11) is 0. The van der Waals surface area contributed by atoms with Gasteiger partial charge in [0.1, 0.15) is 0 Å². The molecule has 1 fully saturated rings. The molecule has 0 atom stereocenters. The first-order chi connectivity index (χ1) is 11.3. The van der Waals surface area contributed by atoms with Gasteiger partial charge in [0.05, 0.1) is 11.0 Å². The van der Waals surface area contributed by atoms with Crippen molar-refractivity contribution in [1.29, 1.82) is 0 Å². The molecule has 1 aliphatic rings. The van der Waals surface area contributed by atoms with Crippen LogP contribution in [-0.4, -0.2) is 41.6 Å². The molecule has 0 spiro atoms. The van der Waals surface area contributed by atoms with Crippen molar-refractivity contribution in [1.82, 2.24) is 14.9 Å². The fourth-order valence-corrected chi connectivity index (χ4v) is 3.00. The average Bonchev–Trinajstić information content (AvgIpc) is 3.02. The molecule has 23 heavy (non-hydrogen) atoms. The number of anilines is 1. The van der Waals surface area contributed by atoms with E-state index in [1.807, 2.05) is 54.6 Å². The van der Waals surface area contributed by atoms with Gasteiger partial charge in [-0.1, -0.05) is 30.3 Å². The third-order valence-corrected chi connectivity index (χ3v) is 4.17. The molecule has 1 aliphatic heterocycles. The Kier molecular flexibility index (Phi) is 3.55. The summed E-state index contributed by atoms with van der Waals surface area (Å²) in [5.41, 5.74) is 2.38. The van der Waals surface area contributed by atoms with Gasteiger partial charge in [-0.05, 0) is 24.3 Å². The second-order valence-electron chi connectivity index (χ2n) is 5.64. The number of fused-ring (bicyclic) bond motifs is 1. The number of nitrogens with one attached hydrogen (secondary N) is 1. The lowest BCUT2D eigenvalue weighted by Gasteiger charge is -2.28. The van der Waals surface area contributed by atoms with Crippen LogP contribution in [0.25, 0.3) is 11.0 Å². The van der Waals surface area contributed by atoms with Gasteiger partial charge in [-0.15, -0.1) is 0 Å². The fraction of sp³-hybridized carbons (Fsp3) is 0.222. The maximum atomic E-state index is 13.1. The molecule has 1 aromatic heterocycles. The van der Waals surface area contributed by atoms with Crippen molar-refractivity contribution in [2.75, 3.05) is 31.1 Å². The van der Waals surface area contributed by atoms with Crippen molar-refractivity contribution in [2.45, 2.75) is 0 Å². The summed E-state index contributed by atoms with van der Waals surface area (Å²) >= 11 is 0. The van der Waals surface area contributed by atoms with Gasteiger partial charge >= 0.3 is 0 Å². The lowest BCUT2D eigenvalue weighted by Crippen LogP contribution is -2.45. The van der Waals surface area contributed by atoms with Crippen LogP contribution in [0.1, 0.15) is 10.4 Å². The normalized spacial score (nSPS) is 15.0. The smallest absolute Gasteiger partial charge is 0.265 e. The van der Waals surface area contributed by atoms with E-state index in [9.17, 15) is 4.79 Å². The van der Waals surface area contributed by atoms with Gasteiger partial charge in [0.2, 0.25) is 5.95 Å². The number of rotatable bonds is 2. The molecule has 5 heteroatoms. The Bertz CT molecular complexity index is 835. The molecular formula is C18H18N4O. The number of carbonyl (C=O) groups excluding carboxylic acids is 1. The minimum atomic E-state index is -0.0344. The molecule has 0 amide bonds. The van der Waals surface area contributed by atoms with Gasteiger partial charge < -0.3 is 10.2 Å². The van der Waals surface area contributed by atoms with Gasteiger partial charge in [-0.2, -0.15) is 0 Å². The highest BCUT2D eigenvalue weighted by molar-refractivity contribution is 6.03. The Labute approximate surface area is 134 Å². The summed E-state index contributed by atoms with van der Waals surface area (Å²) in [6.07, 6.45) is 0. The van der Waals surface area contributed by atoms with Crippen LogP contribution in [0.3, 0.4) is 0 Å². The average molecular weight is 306 g/mol. The SMILES string of the molecule is O=C(c1ccccc1)n1c(N2CCNCC2)nc2ccccc21. The van der Waals surface area contributed by atoms with E-state index < -0.39 is 0 Å². The highest BCUT2D eigenvalue weighted by Crippen LogP contribution is 2.24. The maximum Gasteiger partial charge on any atom is 0.265 e. The molecule has 0 bridgehead atoms. The molecule has 0 aliphatic carbocycles. The van der Waals surface area contributed by atoms with Gasteiger partial charge in [0, 0.05) is 31.7 Å². The van der Waals surface area contributed by atoms with E-state index in [0.29, 0.717) is 5.56 Å². The lowest BCUT2D eigenvalue weighted by molar-refractivity contribution is 0.0965. The van der Waals surface area contributed by atoms with Crippen LogP contribution in [-0.2, 0) is 0 Å². The molecular weight excluding hydrogens is 288 g/mol. The number of imidazole rings is 1. The predicted molar refractivity (Wildman–Crippen MR) is 91.0 cm³/mol. The standard InChI is InChI=1S/C18H18N4O/c23-17(14-6-2-1-3-7-14)22-16-9-5-4-8-15(16)20-18(22)21-12-10-19-11-13-21/h1-9,19H,10-13H2. The molecule has 0 unspecified atom stereocenters. The second kappa shape index (κ2) is 5.85. The van der Waals surface area contributed by atoms with E-state index in [2.05, 4.69) is 10.2 Å². The van der Waals surface area contributed by atoms with Crippen molar-refractivity contribution in [3.8, 4) is 0 Å². The molecule has 0 saturated carbocycles. The minimum Gasteiger partial charge on any atom is -0.339 e. The van der Waals surface area contributed by atoms with Gasteiger partial charge in [-0.25, -0.2) is 9.55 Å². The zero-order chi connectivity index (χ0) is 15.6. The summed E-state index contributed by atoms with van der Waals surface area (Å²) in [4.78, 5) is 20.0. The quantitative estimate of drug-likeness (QED) is 0.788. The summed E-state index contributed by atoms with van der Waals surface area (Å²) < 4.78 is 1.75. The Morgan fingerprint density at radius 3 is 2.43 bits per heavy atom. The van der Waals surface area contributed by atoms with E-state index in [4.69, 9.17) is 4.98 Å². The second-order valence-corrected chi connectivity index (χ2v) is 5.64. The first-order valence-corrected chi connectivity index (χ1v) is 7.87. The molecule has 1 N–H and O–H groups in total. The van der Waals surface area contributed by atoms with Crippen molar-refractivity contribution in [3.63, 3.8) is 0 Å². The van der Waals surface area contributed by atoms with Crippen LogP contribution in [0.15, 0.2) is 54.6 Å². The number of carbonyl (C=O) groups is 1. The molecule has 0 radical (unpaired) electrons. The maximum absolute atomic E-state index is 13.1. The van der Waals surface area contributed by atoms with E-state index in [-0.39, 0.29) is 5.91 Å². The number of benzene rings is 2. The van der Waals surface area contributed by atoms with Gasteiger partial charge in [0.15, 0.2) is 0 Å². The number of hydrogen-bond acceptors (Lipinski definition) is 4. The summed E-state index contributed by atoms with van der Waals surface area (Å²) in [5.74, 6) is 0.703. The summed E-state index contributed by atoms with van der Waals surface area (Å²) in [6, 6.07) is 17.2. The minimum absolute atomic E-state index is 0.0344. The molecule has 2 heterocycles. The van der Waals surface area contributed by atoms with E-state index >= 15 is 0 Å². The third kappa shape index (κ3) is 2.49. The molecule has 4 rings (SSSR count).